The van der Waals surface area contributed by atoms with Crippen LogP contribution in [0.2, 0.25) is 5.02 Å². The minimum Gasteiger partial charge on any atom is -0.497 e. The zero-order chi connectivity index (χ0) is 25.1. The molecule has 3 aliphatic rings. The summed E-state index contributed by atoms with van der Waals surface area (Å²) < 4.78 is 11.6. The van der Waals surface area contributed by atoms with Crippen LogP contribution in [0.1, 0.15) is 36.1 Å². The molecule has 1 aromatic carbocycles. The quantitative estimate of drug-likeness (QED) is 0.574. The molecule has 3 aliphatic heterocycles. The molecule has 9 nitrogen and oxygen atoms in total. The zero-order valence-corrected chi connectivity index (χ0v) is 21.8. The molecule has 36 heavy (non-hydrogen) atoms. The third-order valence-electron chi connectivity index (χ3n) is 7.42. The smallest absolute Gasteiger partial charge is 0.318 e. The lowest BCUT2D eigenvalue weighted by atomic mass is 10.1. The first-order chi connectivity index (χ1) is 17.5. The first-order valence-electron chi connectivity index (χ1n) is 12.7. The molecule has 2 fully saturated rings. The second kappa shape index (κ2) is 11.2. The number of aromatic nitrogens is 2. The Morgan fingerprint density at radius 3 is 2.92 bits per heavy atom. The molecule has 0 amide bonds. The van der Waals surface area contributed by atoms with Gasteiger partial charge in [0.2, 0.25) is 0 Å². The number of hydrogen-bond acceptors (Lipinski definition) is 9. The van der Waals surface area contributed by atoms with Gasteiger partial charge < -0.3 is 24.6 Å². The Bertz CT molecular complexity index is 1120. The first-order valence-corrected chi connectivity index (χ1v) is 13.0. The Hall–Kier alpha value is -2.64. The zero-order valence-electron chi connectivity index (χ0n) is 21.0. The summed E-state index contributed by atoms with van der Waals surface area (Å²) in [6, 6.07) is 9.02. The largest absolute Gasteiger partial charge is 0.497 e. The lowest BCUT2D eigenvalue weighted by Crippen LogP contribution is -2.51. The van der Waals surface area contributed by atoms with Gasteiger partial charge in [0.05, 0.1) is 25.3 Å². The van der Waals surface area contributed by atoms with Crippen molar-refractivity contribution in [3.8, 4) is 17.8 Å². The van der Waals surface area contributed by atoms with Crippen LogP contribution in [0.4, 0.5) is 5.82 Å². The maximum Gasteiger partial charge on any atom is 0.318 e. The van der Waals surface area contributed by atoms with Crippen molar-refractivity contribution in [3.63, 3.8) is 0 Å². The van der Waals surface area contributed by atoms with Gasteiger partial charge >= 0.3 is 6.01 Å². The molecule has 2 atom stereocenters. The fraction of sp³-hybridized carbons (Fsp3) is 0.577. The molecule has 0 radical (unpaired) electrons. The topological polar surface area (TPSA) is 89.8 Å². The molecule has 10 heteroatoms. The highest BCUT2D eigenvalue weighted by Crippen LogP contribution is 2.34. The van der Waals surface area contributed by atoms with Crippen molar-refractivity contribution in [2.45, 2.75) is 51.0 Å². The number of nitriles is 1. The van der Waals surface area contributed by atoms with Crippen LogP contribution in [0.3, 0.4) is 0 Å². The molecule has 5 rings (SSSR count). The second-order valence-electron chi connectivity index (χ2n) is 9.90. The summed E-state index contributed by atoms with van der Waals surface area (Å²) in [6.45, 7) is 6.21. The van der Waals surface area contributed by atoms with Gasteiger partial charge in [0.15, 0.2) is 0 Å². The van der Waals surface area contributed by atoms with Gasteiger partial charge in [0.1, 0.15) is 18.2 Å². The number of benzene rings is 1. The summed E-state index contributed by atoms with van der Waals surface area (Å²) in [7, 11) is 3.81. The third kappa shape index (κ3) is 5.52. The van der Waals surface area contributed by atoms with E-state index in [2.05, 4.69) is 33.1 Å². The molecular weight excluding hydrogens is 478 g/mol. The normalized spacial score (nSPS) is 22.4. The molecule has 0 unspecified atom stereocenters. The van der Waals surface area contributed by atoms with Crippen LogP contribution in [0.25, 0.3) is 0 Å². The molecule has 1 aromatic heterocycles. The molecule has 4 heterocycles. The number of halogens is 1. The maximum absolute atomic E-state index is 9.22. The fourth-order valence-corrected chi connectivity index (χ4v) is 5.56. The number of anilines is 1. The predicted octanol–water partition coefficient (Wildman–Crippen LogP) is 2.82. The van der Waals surface area contributed by atoms with E-state index in [1.54, 1.807) is 7.11 Å². The van der Waals surface area contributed by atoms with E-state index in [9.17, 15) is 5.26 Å². The minimum absolute atomic E-state index is 0.124. The number of likely N-dealkylation sites (N-methyl/N-ethyl adjacent to an activating group) is 1. The van der Waals surface area contributed by atoms with Gasteiger partial charge in [0.25, 0.3) is 0 Å². The average molecular weight is 512 g/mol. The minimum atomic E-state index is 0.124. The average Bonchev–Trinajstić information content (AvgIpc) is 3.49. The standard InChI is InChI=1S/C26H34ClN7O2/c1-32-10-3-4-20(32)17-36-26-30-24-16-33(13-18-12-21(35-2)5-6-23(18)27)15-22(24)25(31-26)34-11-9-29-19(14-34)7-8-28/h5-6,12,19-20,29H,3-4,7,9-11,13-17H2,1-2H3/t19-,20-/m0/s1. The van der Waals surface area contributed by atoms with Gasteiger partial charge in [-0.3, -0.25) is 4.90 Å². The molecular formula is C26H34ClN7O2. The fourth-order valence-electron chi connectivity index (χ4n) is 5.38. The molecule has 0 saturated carbocycles. The Labute approximate surface area is 218 Å². The highest BCUT2D eigenvalue weighted by molar-refractivity contribution is 6.31. The molecule has 0 aliphatic carbocycles. The number of nitrogens with zero attached hydrogens (tertiary/aromatic N) is 6. The number of hydrogen-bond donors (Lipinski definition) is 1. The van der Waals surface area contributed by atoms with E-state index in [-0.39, 0.29) is 6.04 Å². The number of piperazine rings is 1. The van der Waals surface area contributed by atoms with Crippen molar-refractivity contribution >= 4 is 17.4 Å². The monoisotopic (exact) mass is 511 g/mol. The van der Waals surface area contributed by atoms with Crippen LogP contribution < -0.4 is 19.7 Å². The highest BCUT2D eigenvalue weighted by Gasteiger charge is 2.31. The van der Waals surface area contributed by atoms with Crippen molar-refractivity contribution in [1.82, 2.24) is 25.1 Å². The van der Waals surface area contributed by atoms with Crippen LogP contribution in [-0.2, 0) is 19.6 Å². The Morgan fingerprint density at radius 1 is 1.25 bits per heavy atom. The van der Waals surface area contributed by atoms with Gasteiger partial charge in [0, 0.05) is 61.9 Å². The second-order valence-corrected chi connectivity index (χ2v) is 10.3. The summed E-state index contributed by atoms with van der Waals surface area (Å²) >= 11 is 6.51. The Morgan fingerprint density at radius 2 is 2.14 bits per heavy atom. The molecule has 2 saturated heterocycles. The lowest BCUT2D eigenvalue weighted by Gasteiger charge is -2.34. The van der Waals surface area contributed by atoms with E-state index in [1.165, 1.54) is 6.42 Å². The summed E-state index contributed by atoms with van der Waals surface area (Å²) in [5, 5.41) is 13.4. The molecule has 2 aromatic rings. The number of rotatable bonds is 8. The number of methoxy groups -OCH3 is 1. The number of likely N-dealkylation sites (tertiary alicyclic amines) is 1. The van der Waals surface area contributed by atoms with Crippen LogP contribution in [0.5, 0.6) is 11.8 Å². The van der Waals surface area contributed by atoms with E-state index in [0.29, 0.717) is 38.2 Å². The highest BCUT2D eigenvalue weighted by atomic mass is 35.5. The first kappa shape index (κ1) is 25.0. The number of fused-ring (bicyclic) bond motifs is 1. The van der Waals surface area contributed by atoms with Crippen molar-refractivity contribution in [1.29, 1.82) is 5.26 Å². The molecule has 0 spiro atoms. The summed E-state index contributed by atoms with van der Waals surface area (Å²) in [6.07, 6.45) is 2.81. The van der Waals surface area contributed by atoms with Crippen LogP contribution in [0, 0.1) is 11.3 Å². The van der Waals surface area contributed by atoms with Gasteiger partial charge in [-0.15, -0.1) is 0 Å². The van der Waals surface area contributed by atoms with Crippen LogP contribution >= 0.6 is 11.6 Å². The van der Waals surface area contributed by atoms with E-state index in [4.69, 9.17) is 31.0 Å². The van der Waals surface area contributed by atoms with Crippen LogP contribution in [-0.4, -0.2) is 78.8 Å². The van der Waals surface area contributed by atoms with E-state index in [1.807, 2.05) is 18.2 Å². The van der Waals surface area contributed by atoms with Gasteiger partial charge in [-0.25, -0.2) is 0 Å². The maximum atomic E-state index is 9.22. The van der Waals surface area contributed by atoms with E-state index < -0.39 is 0 Å². The Kier molecular flexibility index (Phi) is 7.77. The van der Waals surface area contributed by atoms with Crippen molar-refractivity contribution in [2.75, 3.05) is 51.8 Å². The molecule has 0 bridgehead atoms. The molecule has 192 valence electrons. The summed E-state index contributed by atoms with van der Waals surface area (Å²) in [4.78, 5) is 16.7. The van der Waals surface area contributed by atoms with Crippen molar-refractivity contribution < 1.29 is 9.47 Å². The predicted molar refractivity (Wildman–Crippen MR) is 138 cm³/mol. The van der Waals surface area contributed by atoms with Gasteiger partial charge in [-0.05, 0) is 50.2 Å². The van der Waals surface area contributed by atoms with E-state index in [0.717, 1.165) is 72.6 Å². The molecule has 1 N–H and O–H groups in total. The number of ether oxygens (including phenoxy) is 2. The van der Waals surface area contributed by atoms with Crippen molar-refractivity contribution in [3.05, 3.63) is 40.0 Å². The Balaban J connectivity index is 1.39. The SMILES string of the molecule is COc1ccc(Cl)c(CN2Cc3nc(OC[C@@H]4CCCN4C)nc(N4CCN[C@@H](CC#N)C4)c3C2)c1. The summed E-state index contributed by atoms with van der Waals surface area (Å²) in [5.41, 5.74) is 3.16. The van der Waals surface area contributed by atoms with Gasteiger partial charge in [-0.1, -0.05) is 11.6 Å². The van der Waals surface area contributed by atoms with E-state index >= 15 is 0 Å². The summed E-state index contributed by atoms with van der Waals surface area (Å²) in [5.74, 6) is 1.72. The van der Waals surface area contributed by atoms with Gasteiger partial charge in [-0.2, -0.15) is 15.2 Å². The van der Waals surface area contributed by atoms with Crippen molar-refractivity contribution in [2.24, 2.45) is 0 Å². The lowest BCUT2D eigenvalue weighted by molar-refractivity contribution is 0.187. The van der Waals surface area contributed by atoms with Crippen LogP contribution in [0.15, 0.2) is 18.2 Å². The third-order valence-corrected chi connectivity index (χ3v) is 7.79. The number of nitrogens with one attached hydrogen (secondary N) is 1.